The van der Waals surface area contributed by atoms with Crippen LogP contribution < -0.4 is 15.0 Å². The Labute approximate surface area is 239 Å². The van der Waals surface area contributed by atoms with Gasteiger partial charge in [-0.15, -0.1) is 0 Å². The highest BCUT2D eigenvalue weighted by Gasteiger charge is 2.32. The third-order valence-electron chi connectivity index (χ3n) is 7.62. The van der Waals surface area contributed by atoms with Crippen LogP contribution in [0.1, 0.15) is 24.6 Å². The smallest absolute Gasteiger partial charge is 0.137 e. The van der Waals surface area contributed by atoms with Gasteiger partial charge in [0, 0.05) is 42.7 Å². The number of ether oxygens (including phenoxy) is 2. The number of dihydropyridines is 1. The molecular formula is C32H31N7O2. The summed E-state index contributed by atoms with van der Waals surface area (Å²) < 4.78 is 11.0. The summed E-state index contributed by atoms with van der Waals surface area (Å²) in [7, 11) is 1.63. The zero-order valence-electron chi connectivity index (χ0n) is 23.4. The van der Waals surface area contributed by atoms with Gasteiger partial charge in [0.15, 0.2) is 0 Å². The second-order valence-electron chi connectivity index (χ2n) is 10.2. The lowest BCUT2D eigenvalue weighted by molar-refractivity contribution is 0.122. The number of morpholine rings is 1. The number of nitrogens with zero attached hydrogens (tertiary/aromatic N) is 6. The Morgan fingerprint density at radius 1 is 1.10 bits per heavy atom. The average Bonchev–Trinajstić information content (AvgIpc) is 3.02. The van der Waals surface area contributed by atoms with Crippen molar-refractivity contribution in [3.05, 3.63) is 95.0 Å². The Hall–Kier alpha value is -4.81. The number of fused-ring (bicyclic) bond motifs is 1. The summed E-state index contributed by atoms with van der Waals surface area (Å²) in [6.45, 7) is 7.05. The molecule has 1 atom stereocenters. The highest BCUT2D eigenvalue weighted by atomic mass is 16.5. The second kappa shape index (κ2) is 11.4. The monoisotopic (exact) mass is 545 g/mol. The van der Waals surface area contributed by atoms with Gasteiger partial charge in [-0.1, -0.05) is 6.08 Å². The zero-order chi connectivity index (χ0) is 28.3. The Kier molecular flexibility index (Phi) is 7.32. The molecule has 1 fully saturated rings. The number of nitriles is 1. The van der Waals surface area contributed by atoms with Crippen molar-refractivity contribution in [1.82, 2.24) is 15.0 Å². The van der Waals surface area contributed by atoms with Crippen molar-refractivity contribution >= 4 is 17.1 Å². The molecule has 3 aromatic heterocycles. The second-order valence-corrected chi connectivity index (χ2v) is 10.2. The summed E-state index contributed by atoms with van der Waals surface area (Å²) in [5.41, 5.74) is 9.34. The average molecular weight is 546 g/mol. The summed E-state index contributed by atoms with van der Waals surface area (Å²) in [6.07, 6.45) is 11.8. The van der Waals surface area contributed by atoms with Crippen LogP contribution in [0.2, 0.25) is 0 Å². The molecule has 1 unspecified atom stereocenters. The lowest BCUT2D eigenvalue weighted by Crippen LogP contribution is -2.36. The maximum Gasteiger partial charge on any atom is 0.137 e. The molecular weight excluding hydrogens is 514 g/mol. The number of aryl methyl sites for hydroxylation is 1. The summed E-state index contributed by atoms with van der Waals surface area (Å²) >= 11 is 0. The SMILES string of the molecule is COc1cncc(-c2ncc(N3CCOCC3)cc2NC2=C(C)C(c3cc(C)ccn3)=NC3=C(C#N)C=CCC32)c1. The van der Waals surface area contributed by atoms with Gasteiger partial charge in [-0.25, -0.2) is 4.99 Å². The predicted molar refractivity (Wildman–Crippen MR) is 159 cm³/mol. The van der Waals surface area contributed by atoms with E-state index < -0.39 is 0 Å². The fourth-order valence-electron chi connectivity index (χ4n) is 5.46. The molecule has 0 spiro atoms. The summed E-state index contributed by atoms with van der Waals surface area (Å²) in [5.74, 6) is 0.549. The van der Waals surface area contributed by atoms with Crippen molar-refractivity contribution in [2.24, 2.45) is 10.9 Å². The minimum absolute atomic E-state index is 0.105. The minimum atomic E-state index is -0.105. The number of hydrogen-bond acceptors (Lipinski definition) is 9. The molecule has 3 aliphatic rings. The highest BCUT2D eigenvalue weighted by Crippen LogP contribution is 2.41. The number of anilines is 2. The summed E-state index contributed by atoms with van der Waals surface area (Å²) in [6, 6.07) is 10.4. The molecule has 206 valence electrons. The molecule has 41 heavy (non-hydrogen) atoms. The number of aliphatic imine (C=N–C) groups is 1. The lowest BCUT2D eigenvalue weighted by atomic mass is 9.83. The summed E-state index contributed by atoms with van der Waals surface area (Å²) in [5, 5.41) is 13.7. The van der Waals surface area contributed by atoms with Crippen LogP contribution in [0.5, 0.6) is 5.75 Å². The quantitative estimate of drug-likeness (QED) is 0.448. The number of pyridine rings is 3. The van der Waals surface area contributed by atoms with Crippen LogP contribution >= 0.6 is 0 Å². The van der Waals surface area contributed by atoms with Crippen molar-refractivity contribution in [2.45, 2.75) is 20.3 Å². The van der Waals surface area contributed by atoms with Crippen molar-refractivity contribution in [3.63, 3.8) is 0 Å². The van der Waals surface area contributed by atoms with E-state index in [0.717, 1.165) is 76.1 Å². The topological polar surface area (TPSA) is 109 Å². The molecule has 0 radical (unpaired) electrons. The highest BCUT2D eigenvalue weighted by molar-refractivity contribution is 6.13. The van der Waals surface area contributed by atoms with Crippen LogP contribution in [-0.4, -0.2) is 54.1 Å². The fraction of sp³-hybridized carbons (Fsp3) is 0.281. The Morgan fingerprint density at radius 3 is 2.73 bits per heavy atom. The Balaban J connectivity index is 1.51. The first-order valence-corrected chi connectivity index (χ1v) is 13.7. The van der Waals surface area contributed by atoms with Crippen LogP contribution in [0.3, 0.4) is 0 Å². The van der Waals surface area contributed by atoms with E-state index in [-0.39, 0.29) is 5.92 Å². The van der Waals surface area contributed by atoms with Crippen LogP contribution in [-0.2, 0) is 4.74 Å². The van der Waals surface area contributed by atoms with Gasteiger partial charge in [-0.2, -0.15) is 5.26 Å². The Bertz CT molecular complexity index is 1660. The van der Waals surface area contributed by atoms with E-state index in [1.54, 1.807) is 25.7 Å². The predicted octanol–water partition coefficient (Wildman–Crippen LogP) is 5.23. The molecule has 2 aliphatic heterocycles. The normalized spacial score (nSPS) is 18.5. The third-order valence-corrected chi connectivity index (χ3v) is 7.62. The largest absolute Gasteiger partial charge is 0.495 e. The molecule has 1 saturated heterocycles. The van der Waals surface area contributed by atoms with Crippen molar-refractivity contribution in [1.29, 1.82) is 5.26 Å². The van der Waals surface area contributed by atoms with Crippen molar-refractivity contribution in [2.75, 3.05) is 43.6 Å². The van der Waals surface area contributed by atoms with Gasteiger partial charge in [0.1, 0.15) is 11.8 Å². The number of rotatable bonds is 6. The van der Waals surface area contributed by atoms with Gasteiger partial charge >= 0.3 is 0 Å². The maximum absolute atomic E-state index is 9.97. The minimum Gasteiger partial charge on any atom is -0.495 e. The van der Waals surface area contributed by atoms with Gasteiger partial charge in [-0.3, -0.25) is 15.0 Å². The Morgan fingerprint density at radius 2 is 1.95 bits per heavy atom. The number of aromatic nitrogens is 3. The van der Waals surface area contributed by atoms with Crippen LogP contribution in [0.15, 0.2) is 88.7 Å². The molecule has 6 rings (SSSR count). The number of hydrogen-bond donors (Lipinski definition) is 1. The van der Waals surface area contributed by atoms with Crippen LogP contribution in [0.4, 0.5) is 11.4 Å². The number of allylic oxidation sites excluding steroid dienone is 4. The first-order valence-electron chi connectivity index (χ1n) is 13.7. The van der Waals surface area contributed by atoms with Gasteiger partial charge in [-0.05, 0) is 61.7 Å². The molecule has 0 amide bonds. The fourth-order valence-corrected chi connectivity index (χ4v) is 5.46. The number of methoxy groups -OCH3 is 1. The standard InChI is InChI=1S/C32H31N7O2/c1-20-7-8-35-27(13-20)30-21(2)29(26-6-4-5-22(16-33)31(26)38-30)37-28-15-24(39-9-11-41-12-10-39)18-36-32(28)23-14-25(40-3)19-34-17-23/h4-5,7-8,13-15,17-19,26,37H,6,9-12H2,1-3H3. The van der Waals surface area contributed by atoms with Gasteiger partial charge < -0.3 is 19.7 Å². The maximum atomic E-state index is 9.97. The van der Waals surface area contributed by atoms with E-state index >= 15 is 0 Å². The van der Waals surface area contributed by atoms with E-state index in [2.05, 4.69) is 39.2 Å². The van der Waals surface area contributed by atoms with Gasteiger partial charge in [0.05, 0.1) is 72.5 Å². The molecule has 9 heteroatoms. The van der Waals surface area contributed by atoms with Crippen LogP contribution in [0, 0.1) is 24.2 Å². The van der Waals surface area contributed by atoms with E-state index in [0.29, 0.717) is 24.5 Å². The van der Waals surface area contributed by atoms with Crippen LogP contribution in [0.25, 0.3) is 11.3 Å². The molecule has 1 N–H and O–H groups in total. The van der Waals surface area contributed by atoms with E-state index in [4.69, 9.17) is 19.5 Å². The van der Waals surface area contributed by atoms with E-state index in [1.165, 1.54) is 0 Å². The molecule has 0 saturated carbocycles. The third kappa shape index (κ3) is 5.22. The number of nitrogens with one attached hydrogen (secondary N) is 1. The van der Waals surface area contributed by atoms with Crippen molar-refractivity contribution in [3.8, 4) is 23.1 Å². The van der Waals surface area contributed by atoms with Crippen molar-refractivity contribution < 1.29 is 9.47 Å². The van der Waals surface area contributed by atoms with E-state index in [9.17, 15) is 5.26 Å². The van der Waals surface area contributed by atoms with Gasteiger partial charge in [0.2, 0.25) is 0 Å². The zero-order valence-corrected chi connectivity index (χ0v) is 23.4. The first kappa shape index (κ1) is 26.4. The lowest BCUT2D eigenvalue weighted by Gasteiger charge is -2.32. The molecule has 0 aromatic carbocycles. The first-order chi connectivity index (χ1) is 20.1. The molecule has 3 aromatic rings. The molecule has 1 aliphatic carbocycles. The molecule has 9 nitrogen and oxygen atoms in total. The molecule has 0 bridgehead atoms. The molecule has 5 heterocycles. The van der Waals surface area contributed by atoms with E-state index in [1.807, 2.05) is 43.5 Å². The summed E-state index contributed by atoms with van der Waals surface area (Å²) in [4.78, 5) is 21.3. The van der Waals surface area contributed by atoms with Gasteiger partial charge in [0.25, 0.3) is 0 Å².